The highest BCUT2D eigenvalue weighted by Gasteiger charge is 2.31. The van der Waals surface area contributed by atoms with Crippen LogP contribution in [0.4, 0.5) is 0 Å². The van der Waals surface area contributed by atoms with Gasteiger partial charge in [-0.2, -0.15) is 0 Å². The number of carbonyl (C=O) groups excluding carboxylic acids is 1. The molecule has 0 aliphatic carbocycles. The summed E-state index contributed by atoms with van der Waals surface area (Å²) >= 11 is 0. The highest BCUT2D eigenvalue weighted by molar-refractivity contribution is 5.75. The molecule has 1 fully saturated rings. The van der Waals surface area contributed by atoms with Crippen molar-refractivity contribution in [2.75, 3.05) is 27.0 Å². The number of hydrogen-bond acceptors (Lipinski definition) is 4. The molecule has 0 spiro atoms. The molecule has 4 nitrogen and oxygen atoms in total. The second-order valence-electron chi connectivity index (χ2n) is 3.12. The van der Waals surface area contributed by atoms with Gasteiger partial charge in [0.25, 0.3) is 0 Å². The molecule has 0 saturated carbocycles. The number of likely N-dealkylation sites (tertiary alicyclic amines) is 1. The summed E-state index contributed by atoms with van der Waals surface area (Å²) < 4.78 is 9.97. The van der Waals surface area contributed by atoms with Crippen LogP contribution in [-0.2, 0) is 14.3 Å². The molecule has 0 bridgehead atoms. The van der Waals surface area contributed by atoms with Gasteiger partial charge in [-0.1, -0.05) is 0 Å². The molecule has 1 atom stereocenters. The summed E-state index contributed by atoms with van der Waals surface area (Å²) in [5.41, 5.74) is 0. The third-order valence-electron chi connectivity index (χ3n) is 2.30. The summed E-state index contributed by atoms with van der Waals surface area (Å²) in [7, 11) is 1.43. The standard InChI is InChI=1S/C9H17NO3/c1-3-13-7-10-6-4-5-8(10)9(11)12-2/h8H,3-7H2,1-2H3/t8-/m0/s1. The van der Waals surface area contributed by atoms with Gasteiger partial charge in [0, 0.05) is 13.2 Å². The Morgan fingerprint density at radius 2 is 2.38 bits per heavy atom. The summed E-state index contributed by atoms with van der Waals surface area (Å²) in [5, 5.41) is 0. The number of hydrogen-bond donors (Lipinski definition) is 0. The van der Waals surface area contributed by atoms with E-state index in [0.29, 0.717) is 13.3 Å². The lowest BCUT2D eigenvalue weighted by atomic mass is 10.2. The van der Waals surface area contributed by atoms with E-state index in [0.717, 1.165) is 19.4 Å². The minimum atomic E-state index is -0.141. The Morgan fingerprint density at radius 1 is 1.62 bits per heavy atom. The van der Waals surface area contributed by atoms with E-state index in [1.807, 2.05) is 11.8 Å². The van der Waals surface area contributed by atoms with Crippen LogP contribution in [0, 0.1) is 0 Å². The molecule has 0 N–H and O–H groups in total. The predicted molar refractivity (Wildman–Crippen MR) is 48.2 cm³/mol. The molecule has 0 aromatic carbocycles. The molecule has 0 amide bonds. The highest BCUT2D eigenvalue weighted by atomic mass is 16.5. The number of rotatable bonds is 4. The van der Waals surface area contributed by atoms with E-state index in [2.05, 4.69) is 0 Å². The van der Waals surface area contributed by atoms with Gasteiger partial charge in [0.05, 0.1) is 13.8 Å². The Morgan fingerprint density at radius 3 is 3.00 bits per heavy atom. The number of carbonyl (C=O) groups is 1. The highest BCUT2D eigenvalue weighted by Crippen LogP contribution is 2.17. The molecule has 0 aromatic rings. The maximum Gasteiger partial charge on any atom is 0.323 e. The van der Waals surface area contributed by atoms with Crippen LogP contribution in [0.25, 0.3) is 0 Å². The summed E-state index contributed by atoms with van der Waals surface area (Å²) in [6, 6.07) is -0.0865. The SMILES string of the molecule is CCOCN1CCC[C@H]1C(=O)OC. The van der Waals surface area contributed by atoms with Gasteiger partial charge < -0.3 is 9.47 Å². The molecular formula is C9H17NO3. The lowest BCUT2D eigenvalue weighted by molar-refractivity contribution is -0.147. The van der Waals surface area contributed by atoms with Gasteiger partial charge in [-0.15, -0.1) is 0 Å². The predicted octanol–water partition coefficient (Wildman–Crippen LogP) is 0.618. The van der Waals surface area contributed by atoms with E-state index in [4.69, 9.17) is 9.47 Å². The van der Waals surface area contributed by atoms with Crippen molar-refractivity contribution in [2.24, 2.45) is 0 Å². The van der Waals surface area contributed by atoms with Crippen molar-refractivity contribution < 1.29 is 14.3 Å². The fraction of sp³-hybridized carbons (Fsp3) is 0.889. The van der Waals surface area contributed by atoms with E-state index in [9.17, 15) is 4.79 Å². The number of esters is 1. The van der Waals surface area contributed by atoms with Crippen LogP contribution in [0.1, 0.15) is 19.8 Å². The molecule has 76 valence electrons. The largest absolute Gasteiger partial charge is 0.468 e. The van der Waals surface area contributed by atoms with E-state index in [-0.39, 0.29) is 12.0 Å². The van der Waals surface area contributed by atoms with E-state index in [1.165, 1.54) is 7.11 Å². The Bertz CT molecular complexity index is 172. The smallest absolute Gasteiger partial charge is 0.323 e. The first kappa shape index (κ1) is 10.5. The van der Waals surface area contributed by atoms with Crippen LogP contribution in [-0.4, -0.2) is 43.9 Å². The maximum absolute atomic E-state index is 11.3. The van der Waals surface area contributed by atoms with Crippen LogP contribution >= 0.6 is 0 Å². The molecule has 13 heavy (non-hydrogen) atoms. The quantitative estimate of drug-likeness (QED) is 0.605. The van der Waals surface area contributed by atoms with Gasteiger partial charge in [-0.05, 0) is 19.8 Å². The third kappa shape index (κ3) is 2.67. The van der Waals surface area contributed by atoms with Crippen LogP contribution in [0.5, 0.6) is 0 Å². The molecule has 4 heteroatoms. The second kappa shape index (κ2) is 5.19. The van der Waals surface area contributed by atoms with Crippen molar-refractivity contribution in [3.05, 3.63) is 0 Å². The van der Waals surface area contributed by atoms with Gasteiger partial charge in [-0.3, -0.25) is 9.69 Å². The van der Waals surface area contributed by atoms with Gasteiger partial charge in [-0.25, -0.2) is 0 Å². The lowest BCUT2D eigenvalue weighted by Crippen LogP contribution is -2.38. The molecular weight excluding hydrogens is 170 g/mol. The first-order valence-electron chi connectivity index (χ1n) is 4.69. The average molecular weight is 187 g/mol. The number of ether oxygens (including phenoxy) is 2. The number of nitrogens with zero attached hydrogens (tertiary/aromatic N) is 1. The van der Waals surface area contributed by atoms with Crippen molar-refractivity contribution in [2.45, 2.75) is 25.8 Å². The lowest BCUT2D eigenvalue weighted by Gasteiger charge is -2.21. The molecule has 1 saturated heterocycles. The van der Waals surface area contributed by atoms with Crippen molar-refractivity contribution in [1.29, 1.82) is 0 Å². The van der Waals surface area contributed by atoms with Gasteiger partial charge in [0.1, 0.15) is 6.04 Å². The van der Waals surface area contributed by atoms with Gasteiger partial charge in [0.2, 0.25) is 0 Å². The zero-order valence-electron chi connectivity index (χ0n) is 8.28. The van der Waals surface area contributed by atoms with E-state index in [1.54, 1.807) is 0 Å². The van der Waals surface area contributed by atoms with Crippen LogP contribution in [0.3, 0.4) is 0 Å². The molecule has 0 aromatic heterocycles. The minimum absolute atomic E-state index is 0.0865. The van der Waals surface area contributed by atoms with Crippen LogP contribution in [0.2, 0.25) is 0 Å². The van der Waals surface area contributed by atoms with Gasteiger partial charge >= 0.3 is 5.97 Å². The molecule has 1 heterocycles. The Hall–Kier alpha value is -0.610. The normalized spacial score (nSPS) is 23.4. The Labute approximate surface area is 78.8 Å². The second-order valence-corrected chi connectivity index (χ2v) is 3.12. The summed E-state index contributed by atoms with van der Waals surface area (Å²) in [6.07, 6.45) is 1.94. The zero-order chi connectivity index (χ0) is 9.68. The molecule has 0 unspecified atom stereocenters. The van der Waals surface area contributed by atoms with Crippen molar-refractivity contribution in [3.63, 3.8) is 0 Å². The monoisotopic (exact) mass is 187 g/mol. The van der Waals surface area contributed by atoms with Crippen molar-refractivity contribution in [1.82, 2.24) is 4.90 Å². The number of methoxy groups -OCH3 is 1. The third-order valence-corrected chi connectivity index (χ3v) is 2.30. The maximum atomic E-state index is 11.3. The summed E-state index contributed by atoms with van der Waals surface area (Å²) in [6.45, 7) is 4.10. The summed E-state index contributed by atoms with van der Waals surface area (Å²) in [5.74, 6) is -0.141. The van der Waals surface area contributed by atoms with E-state index >= 15 is 0 Å². The Kier molecular flexibility index (Phi) is 4.18. The fourth-order valence-corrected chi connectivity index (χ4v) is 1.59. The fourth-order valence-electron chi connectivity index (χ4n) is 1.59. The first-order valence-corrected chi connectivity index (χ1v) is 4.69. The van der Waals surface area contributed by atoms with E-state index < -0.39 is 0 Å². The minimum Gasteiger partial charge on any atom is -0.468 e. The topological polar surface area (TPSA) is 38.8 Å². The Balaban J connectivity index is 2.39. The molecule has 1 rings (SSSR count). The van der Waals surface area contributed by atoms with Gasteiger partial charge in [0.15, 0.2) is 0 Å². The first-order chi connectivity index (χ1) is 6.29. The molecule has 1 aliphatic heterocycles. The molecule has 0 radical (unpaired) electrons. The van der Waals surface area contributed by atoms with Crippen LogP contribution in [0.15, 0.2) is 0 Å². The van der Waals surface area contributed by atoms with Crippen molar-refractivity contribution >= 4 is 5.97 Å². The van der Waals surface area contributed by atoms with Crippen molar-refractivity contribution in [3.8, 4) is 0 Å². The average Bonchev–Trinajstić information content (AvgIpc) is 2.61. The zero-order valence-corrected chi connectivity index (χ0v) is 8.28. The molecule has 1 aliphatic rings. The summed E-state index contributed by atoms with van der Waals surface area (Å²) in [4.78, 5) is 13.3. The van der Waals surface area contributed by atoms with Crippen LogP contribution < -0.4 is 0 Å².